The number of hydrogen-bond acceptors (Lipinski definition) is 3. The van der Waals surface area contributed by atoms with Gasteiger partial charge in [-0.1, -0.05) is 6.07 Å². The number of fused-ring (bicyclic) bond motifs is 1. The van der Waals surface area contributed by atoms with Gasteiger partial charge in [0, 0.05) is 18.4 Å². The molecule has 4 heteroatoms. The van der Waals surface area contributed by atoms with Gasteiger partial charge in [-0.3, -0.25) is 0 Å². The van der Waals surface area contributed by atoms with Crippen LogP contribution in [0.25, 0.3) is 6.08 Å². The van der Waals surface area contributed by atoms with Crippen molar-refractivity contribution in [1.29, 1.82) is 0 Å². The molecule has 0 saturated carbocycles. The van der Waals surface area contributed by atoms with Gasteiger partial charge in [0.1, 0.15) is 11.9 Å². The van der Waals surface area contributed by atoms with Gasteiger partial charge in [-0.15, -0.1) is 0 Å². The van der Waals surface area contributed by atoms with Crippen LogP contribution in [0.15, 0.2) is 24.4 Å². The summed E-state index contributed by atoms with van der Waals surface area (Å²) >= 11 is 0. The first kappa shape index (κ1) is 11.6. The van der Waals surface area contributed by atoms with Gasteiger partial charge in [-0.25, -0.2) is 0 Å². The molecule has 1 unspecified atom stereocenters. The number of hydrogen-bond donors (Lipinski definition) is 3. The third kappa shape index (κ3) is 2.35. The lowest BCUT2D eigenvalue weighted by molar-refractivity contribution is -0.664. The topological polar surface area (TPSA) is 58.1 Å². The minimum absolute atomic E-state index is 0.337. The summed E-state index contributed by atoms with van der Waals surface area (Å²) in [6, 6.07) is 5.89. The molecule has 1 aromatic carbocycles. The normalized spacial score (nSPS) is 23.3. The molecule has 0 spiro atoms. The highest BCUT2D eigenvalue weighted by Gasteiger charge is 2.18. The van der Waals surface area contributed by atoms with E-state index in [0.717, 1.165) is 42.8 Å². The van der Waals surface area contributed by atoms with Gasteiger partial charge in [0.05, 0.1) is 13.1 Å². The van der Waals surface area contributed by atoms with Crippen molar-refractivity contribution in [3.05, 3.63) is 35.5 Å². The standard InChI is InChI=1S/C14H18N2O2/c17-14-13-2-1-12(9-10(13)3-8-16-14)18-11-4-6-15-7-5-11/h1-3,8-9,11,14-17H,4-7H2/p+1. The Bertz CT molecular complexity index is 453. The number of nitrogens with two attached hydrogens (primary N) is 1. The highest BCUT2D eigenvalue weighted by molar-refractivity contribution is 5.58. The van der Waals surface area contributed by atoms with Crippen molar-refractivity contribution < 1.29 is 15.2 Å². The van der Waals surface area contributed by atoms with E-state index in [2.05, 4.69) is 10.6 Å². The molecule has 0 aliphatic carbocycles. The number of aliphatic hydroxyl groups excluding tert-OH is 1. The second kappa shape index (κ2) is 5.00. The van der Waals surface area contributed by atoms with Gasteiger partial charge in [0.15, 0.2) is 6.23 Å². The fourth-order valence-electron chi connectivity index (χ4n) is 2.54. The zero-order valence-electron chi connectivity index (χ0n) is 10.3. The van der Waals surface area contributed by atoms with Crippen LogP contribution >= 0.6 is 0 Å². The van der Waals surface area contributed by atoms with Gasteiger partial charge in [0.2, 0.25) is 0 Å². The van der Waals surface area contributed by atoms with E-state index < -0.39 is 6.23 Å². The molecule has 1 fully saturated rings. The van der Waals surface area contributed by atoms with E-state index >= 15 is 0 Å². The summed E-state index contributed by atoms with van der Waals surface area (Å²) in [6.45, 7) is 2.30. The van der Waals surface area contributed by atoms with E-state index in [1.54, 1.807) is 6.20 Å². The number of quaternary nitrogens is 1. The van der Waals surface area contributed by atoms with Crippen molar-refractivity contribution in [3.63, 3.8) is 0 Å². The zero-order valence-corrected chi connectivity index (χ0v) is 10.3. The van der Waals surface area contributed by atoms with Crippen LogP contribution in [0, 0.1) is 0 Å². The molecular formula is C14H19N2O2+. The van der Waals surface area contributed by atoms with Gasteiger partial charge >= 0.3 is 0 Å². The van der Waals surface area contributed by atoms with Crippen LogP contribution in [-0.4, -0.2) is 24.3 Å². The first-order valence-corrected chi connectivity index (χ1v) is 6.56. The van der Waals surface area contributed by atoms with Crippen LogP contribution < -0.4 is 15.4 Å². The van der Waals surface area contributed by atoms with Crippen molar-refractivity contribution >= 4 is 6.08 Å². The molecule has 2 aliphatic heterocycles. The lowest BCUT2D eigenvalue weighted by atomic mass is 10.0. The monoisotopic (exact) mass is 247 g/mol. The molecule has 3 rings (SSSR count). The molecule has 4 N–H and O–H groups in total. The molecule has 96 valence electrons. The number of piperidine rings is 1. The number of aliphatic hydroxyl groups is 1. The number of benzene rings is 1. The minimum atomic E-state index is -0.608. The SMILES string of the molecule is OC1NC=Cc2cc(OC3CC[NH2+]CC3)ccc21. The van der Waals surface area contributed by atoms with E-state index in [1.807, 2.05) is 24.3 Å². The average Bonchev–Trinajstić information content (AvgIpc) is 2.40. The van der Waals surface area contributed by atoms with Crippen molar-refractivity contribution in [2.75, 3.05) is 13.1 Å². The van der Waals surface area contributed by atoms with E-state index in [4.69, 9.17) is 4.74 Å². The summed E-state index contributed by atoms with van der Waals surface area (Å²) in [5.41, 5.74) is 1.93. The number of nitrogens with one attached hydrogen (secondary N) is 1. The third-order valence-electron chi connectivity index (χ3n) is 3.56. The molecule has 1 aromatic rings. The highest BCUT2D eigenvalue weighted by Crippen LogP contribution is 2.27. The van der Waals surface area contributed by atoms with Gasteiger partial charge in [-0.2, -0.15) is 0 Å². The van der Waals surface area contributed by atoms with Crippen molar-refractivity contribution in [3.8, 4) is 5.75 Å². The van der Waals surface area contributed by atoms with Gasteiger partial charge < -0.3 is 20.5 Å². The molecule has 0 bridgehead atoms. The second-order valence-electron chi connectivity index (χ2n) is 4.88. The maximum absolute atomic E-state index is 9.77. The smallest absolute Gasteiger partial charge is 0.150 e. The Hall–Kier alpha value is -1.52. The maximum Gasteiger partial charge on any atom is 0.150 e. The van der Waals surface area contributed by atoms with E-state index in [-0.39, 0.29) is 0 Å². The fraction of sp³-hybridized carbons (Fsp3) is 0.429. The Morgan fingerprint density at radius 3 is 2.94 bits per heavy atom. The molecule has 2 aliphatic rings. The van der Waals surface area contributed by atoms with Crippen LogP contribution in [0.3, 0.4) is 0 Å². The molecule has 18 heavy (non-hydrogen) atoms. The summed E-state index contributed by atoms with van der Waals surface area (Å²) in [6.07, 6.45) is 5.68. The largest absolute Gasteiger partial charge is 0.490 e. The van der Waals surface area contributed by atoms with Crippen molar-refractivity contribution in [2.45, 2.75) is 25.2 Å². The molecule has 4 nitrogen and oxygen atoms in total. The average molecular weight is 247 g/mol. The van der Waals surface area contributed by atoms with E-state index in [0.29, 0.717) is 6.10 Å². The first-order chi connectivity index (χ1) is 8.83. The molecular weight excluding hydrogens is 228 g/mol. The van der Waals surface area contributed by atoms with Crippen molar-refractivity contribution in [2.24, 2.45) is 0 Å². The summed E-state index contributed by atoms with van der Waals surface area (Å²) in [5.74, 6) is 0.902. The Labute approximate surface area is 107 Å². The lowest BCUT2D eigenvalue weighted by Crippen LogP contribution is -2.86. The summed E-state index contributed by atoms with van der Waals surface area (Å²) in [5, 5.41) is 15.0. The van der Waals surface area contributed by atoms with Gasteiger partial charge in [-0.05, 0) is 30.0 Å². The molecule has 1 atom stereocenters. The Balaban J connectivity index is 1.76. The zero-order chi connectivity index (χ0) is 12.4. The Morgan fingerprint density at radius 1 is 1.28 bits per heavy atom. The minimum Gasteiger partial charge on any atom is -0.490 e. The highest BCUT2D eigenvalue weighted by atomic mass is 16.5. The summed E-state index contributed by atoms with van der Waals surface area (Å²) in [7, 11) is 0. The summed E-state index contributed by atoms with van der Waals surface area (Å²) < 4.78 is 6.00. The summed E-state index contributed by atoms with van der Waals surface area (Å²) in [4.78, 5) is 0. The third-order valence-corrected chi connectivity index (χ3v) is 3.56. The van der Waals surface area contributed by atoms with Crippen LogP contribution in [0.2, 0.25) is 0 Å². The number of rotatable bonds is 2. The Morgan fingerprint density at radius 2 is 2.11 bits per heavy atom. The fourth-order valence-corrected chi connectivity index (χ4v) is 2.54. The number of ether oxygens (including phenoxy) is 1. The van der Waals surface area contributed by atoms with E-state index in [1.165, 1.54) is 0 Å². The molecule has 0 aromatic heterocycles. The maximum atomic E-state index is 9.77. The van der Waals surface area contributed by atoms with Crippen LogP contribution in [0.5, 0.6) is 5.75 Å². The molecule has 0 amide bonds. The molecule has 0 radical (unpaired) electrons. The van der Waals surface area contributed by atoms with E-state index in [9.17, 15) is 5.11 Å². The predicted molar refractivity (Wildman–Crippen MR) is 68.9 cm³/mol. The predicted octanol–water partition coefficient (Wildman–Crippen LogP) is 0.356. The lowest BCUT2D eigenvalue weighted by Gasteiger charge is -2.23. The van der Waals surface area contributed by atoms with Gasteiger partial charge in [0.25, 0.3) is 0 Å². The quantitative estimate of drug-likeness (QED) is 0.707. The molecule has 2 heterocycles. The second-order valence-corrected chi connectivity index (χ2v) is 4.88. The van der Waals surface area contributed by atoms with Crippen LogP contribution in [0.1, 0.15) is 30.2 Å². The van der Waals surface area contributed by atoms with Crippen molar-refractivity contribution in [1.82, 2.24) is 5.32 Å². The molecule has 1 saturated heterocycles. The van der Waals surface area contributed by atoms with Crippen LogP contribution in [0.4, 0.5) is 0 Å². The van der Waals surface area contributed by atoms with Crippen LogP contribution in [-0.2, 0) is 0 Å². The Kier molecular flexibility index (Phi) is 3.21. The first-order valence-electron chi connectivity index (χ1n) is 6.56.